The molecule has 0 fully saturated rings. The van der Waals surface area contributed by atoms with E-state index in [2.05, 4.69) is 5.32 Å². The number of carboxylic acids is 2. The van der Waals surface area contributed by atoms with E-state index >= 15 is 0 Å². The van der Waals surface area contributed by atoms with Gasteiger partial charge in [0.05, 0.1) is 18.8 Å². The van der Waals surface area contributed by atoms with Gasteiger partial charge in [0, 0.05) is 24.9 Å². The van der Waals surface area contributed by atoms with Crippen molar-refractivity contribution < 1.29 is 42.9 Å². The number of halogens is 2. The Hall–Kier alpha value is -5.25. The second-order valence-electron chi connectivity index (χ2n) is 11.7. The highest BCUT2D eigenvalue weighted by Crippen LogP contribution is 2.31. The van der Waals surface area contributed by atoms with Gasteiger partial charge in [0.2, 0.25) is 0 Å². The number of carboxylic acid groups (broad SMARTS) is 2. The van der Waals surface area contributed by atoms with Gasteiger partial charge in [-0.05, 0) is 90.8 Å². The van der Waals surface area contributed by atoms with Crippen LogP contribution in [0.25, 0.3) is 11.1 Å². The van der Waals surface area contributed by atoms with Crippen molar-refractivity contribution in [3.63, 3.8) is 0 Å². The predicted octanol–water partition coefficient (Wildman–Crippen LogP) is 8.00. The van der Waals surface area contributed by atoms with Crippen LogP contribution >= 0.6 is 0 Å². The first-order valence-electron chi connectivity index (χ1n) is 16.4. The fourth-order valence-electron chi connectivity index (χ4n) is 5.47. The van der Waals surface area contributed by atoms with E-state index in [9.17, 15) is 28.3 Å². The standard InChI is InChI=1S/C39H41F2NO7/c40-33-15-9-16-34(41)38(33)29-23-30(39(47)42-26-27-11-4-3-5-12-27)25-31(24-29)48-21-7-2-1-6-13-28-14-8-17-35(32(28)19-20-37(45)46)49-22-10-18-36(43)44/h3-5,8-9,11-12,14-17,23-25H,1-2,6-7,10,13,18-22,26H2,(H,42,47)(H,43,44)(H,45,46). The van der Waals surface area contributed by atoms with Crippen LogP contribution in [0.1, 0.15) is 72.0 Å². The topological polar surface area (TPSA) is 122 Å². The minimum absolute atomic E-state index is 0.00528. The van der Waals surface area contributed by atoms with Gasteiger partial charge in [0.1, 0.15) is 23.1 Å². The number of amides is 1. The van der Waals surface area contributed by atoms with Crippen molar-refractivity contribution in [2.75, 3.05) is 13.2 Å². The predicted molar refractivity (Wildman–Crippen MR) is 182 cm³/mol. The first-order chi connectivity index (χ1) is 23.7. The number of rotatable bonds is 20. The van der Waals surface area contributed by atoms with Crippen molar-refractivity contribution in [2.24, 2.45) is 0 Å². The minimum atomic E-state index is -0.906. The van der Waals surface area contributed by atoms with E-state index in [1.807, 2.05) is 42.5 Å². The van der Waals surface area contributed by atoms with Gasteiger partial charge >= 0.3 is 11.9 Å². The molecule has 0 atom stereocenters. The second-order valence-corrected chi connectivity index (χ2v) is 11.7. The van der Waals surface area contributed by atoms with Crippen molar-refractivity contribution in [1.82, 2.24) is 5.32 Å². The lowest BCUT2D eigenvalue weighted by Crippen LogP contribution is -2.22. The lowest BCUT2D eigenvalue weighted by Gasteiger charge is -2.15. The summed E-state index contributed by atoms with van der Waals surface area (Å²) in [6, 6.07) is 23.2. The largest absolute Gasteiger partial charge is 0.494 e. The quantitative estimate of drug-likeness (QED) is 0.0813. The summed E-state index contributed by atoms with van der Waals surface area (Å²) in [7, 11) is 0. The highest BCUT2D eigenvalue weighted by Gasteiger charge is 2.17. The van der Waals surface area contributed by atoms with Gasteiger partial charge in [0.25, 0.3) is 5.91 Å². The number of ether oxygens (including phenoxy) is 2. The maximum atomic E-state index is 14.7. The maximum absolute atomic E-state index is 14.7. The molecule has 3 N–H and O–H groups in total. The van der Waals surface area contributed by atoms with Crippen LogP contribution in [0.15, 0.2) is 84.9 Å². The van der Waals surface area contributed by atoms with Gasteiger partial charge < -0.3 is 25.0 Å². The van der Waals surface area contributed by atoms with E-state index in [1.54, 1.807) is 12.1 Å². The van der Waals surface area contributed by atoms with Gasteiger partial charge in [0.15, 0.2) is 0 Å². The second kappa shape index (κ2) is 18.9. The Kier molecular flexibility index (Phi) is 14.1. The molecule has 49 heavy (non-hydrogen) atoms. The van der Waals surface area contributed by atoms with Crippen LogP contribution < -0.4 is 14.8 Å². The van der Waals surface area contributed by atoms with Crippen LogP contribution in [0, 0.1) is 11.6 Å². The summed E-state index contributed by atoms with van der Waals surface area (Å²) < 4.78 is 41.2. The SMILES string of the molecule is O=C(O)CCCOc1cccc(CCCCCCOc2cc(C(=O)NCc3ccccc3)cc(-c3c(F)cccc3F)c2)c1CCC(=O)O. The number of nitrogens with one attached hydrogen (secondary N) is 1. The Balaban J connectivity index is 1.34. The lowest BCUT2D eigenvalue weighted by molar-refractivity contribution is -0.138. The first-order valence-corrected chi connectivity index (χ1v) is 16.4. The number of hydrogen-bond donors (Lipinski definition) is 3. The molecule has 0 radical (unpaired) electrons. The number of unbranched alkanes of at least 4 members (excludes halogenated alkanes) is 3. The minimum Gasteiger partial charge on any atom is -0.494 e. The Morgan fingerprint density at radius 2 is 1.37 bits per heavy atom. The Labute approximate surface area is 284 Å². The van der Waals surface area contributed by atoms with Crippen molar-refractivity contribution in [3.8, 4) is 22.6 Å². The molecule has 4 rings (SSSR count). The number of carbonyl (C=O) groups is 3. The molecular formula is C39H41F2NO7. The average molecular weight is 674 g/mol. The molecule has 1 amide bonds. The molecule has 0 aliphatic heterocycles. The summed E-state index contributed by atoms with van der Waals surface area (Å²) >= 11 is 0. The summed E-state index contributed by atoms with van der Waals surface area (Å²) in [5, 5.41) is 21.0. The Morgan fingerprint density at radius 3 is 2.10 bits per heavy atom. The van der Waals surface area contributed by atoms with Crippen molar-refractivity contribution in [3.05, 3.63) is 119 Å². The van der Waals surface area contributed by atoms with Gasteiger partial charge in [-0.25, -0.2) is 8.78 Å². The number of carbonyl (C=O) groups excluding carboxylic acids is 1. The highest BCUT2D eigenvalue weighted by molar-refractivity contribution is 5.96. The molecule has 8 nitrogen and oxygen atoms in total. The zero-order valence-electron chi connectivity index (χ0n) is 27.3. The number of aliphatic carboxylic acids is 2. The van der Waals surface area contributed by atoms with Crippen LogP contribution in [0.2, 0.25) is 0 Å². The van der Waals surface area contributed by atoms with Crippen molar-refractivity contribution in [2.45, 2.75) is 64.3 Å². The zero-order chi connectivity index (χ0) is 35.0. The fraction of sp³-hybridized carbons (Fsp3) is 0.308. The smallest absolute Gasteiger partial charge is 0.303 e. The summed E-state index contributed by atoms with van der Waals surface area (Å²) in [6.07, 6.45) is 4.60. The molecule has 258 valence electrons. The summed E-state index contributed by atoms with van der Waals surface area (Å²) in [4.78, 5) is 35.2. The molecule has 4 aromatic rings. The zero-order valence-corrected chi connectivity index (χ0v) is 27.3. The Bertz CT molecular complexity index is 1690. The first kappa shape index (κ1) is 36.6. The molecule has 0 aromatic heterocycles. The summed E-state index contributed by atoms with van der Waals surface area (Å²) in [6.45, 7) is 0.852. The van der Waals surface area contributed by atoms with Crippen LogP contribution in [0.3, 0.4) is 0 Å². The lowest BCUT2D eigenvalue weighted by atomic mass is 9.97. The Morgan fingerprint density at radius 1 is 0.673 bits per heavy atom. The third-order valence-electron chi connectivity index (χ3n) is 7.94. The summed E-state index contributed by atoms with van der Waals surface area (Å²) in [5.41, 5.74) is 2.93. The molecule has 0 saturated heterocycles. The van der Waals surface area contributed by atoms with E-state index in [-0.39, 0.29) is 36.1 Å². The van der Waals surface area contributed by atoms with Crippen LogP contribution in [-0.2, 0) is 29.0 Å². The number of hydrogen-bond acceptors (Lipinski definition) is 5. The van der Waals surface area contributed by atoms with Gasteiger partial charge in [-0.15, -0.1) is 0 Å². The third kappa shape index (κ3) is 11.7. The fourth-order valence-corrected chi connectivity index (χ4v) is 5.47. The molecule has 0 heterocycles. The van der Waals surface area contributed by atoms with Crippen LogP contribution in [0.4, 0.5) is 8.78 Å². The van der Waals surface area contributed by atoms with E-state index in [4.69, 9.17) is 14.6 Å². The average Bonchev–Trinajstić information content (AvgIpc) is 3.08. The molecule has 0 aliphatic carbocycles. The third-order valence-corrected chi connectivity index (χ3v) is 7.94. The van der Waals surface area contributed by atoms with E-state index < -0.39 is 29.5 Å². The molecule has 0 unspecified atom stereocenters. The molecule has 10 heteroatoms. The van der Waals surface area contributed by atoms with E-state index in [0.717, 1.165) is 42.4 Å². The molecular weight excluding hydrogens is 632 g/mol. The van der Waals surface area contributed by atoms with Gasteiger partial charge in [-0.1, -0.05) is 61.4 Å². The van der Waals surface area contributed by atoms with Crippen molar-refractivity contribution >= 4 is 17.8 Å². The molecule has 4 aromatic carbocycles. The molecule has 0 saturated carbocycles. The number of benzene rings is 4. The molecule has 0 spiro atoms. The summed E-state index contributed by atoms with van der Waals surface area (Å²) in [5.74, 6) is -2.77. The highest BCUT2D eigenvalue weighted by atomic mass is 19.1. The molecule has 0 aliphatic rings. The van der Waals surface area contributed by atoms with E-state index in [1.165, 1.54) is 30.3 Å². The van der Waals surface area contributed by atoms with Crippen LogP contribution in [0.5, 0.6) is 11.5 Å². The van der Waals surface area contributed by atoms with Crippen LogP contribution in [-0.4, -0.2) is 41.3 Å². The maximum Gasteiger partial charge on any atom is 0.303 e. The number of aryl methyl sites for hydroxylation is 1. The van der Waals surface area contributed by atoms with Gasteiger partial charge in [-0.2, -0.15) is 0 Å². The van der Waals surface area contributed by atoms with Gasteiger partial charge in [-0.3, -0.25) is 14.4 Å². The van der Waals surface area contributed by atoms with E-state index in [0.29, 0.717) is 43.9 Å². The molecule has 0 bridgehead atoms. The normalized spacial score (nSPS) is 10.8. The monoisotopic (exact) mass is 673 g/mol. The van der Waals surface area contributed by atoms with Crippen molar-refractivity contribution in [1.29, 1.82) is 0 Å².